The van der Waals surface area contributed by atoms with Crippen molar-refractivity contribution < 1.29 is 9.53 Å². The minimum absolute atomic E-state index is 0.260. The molecule has 0 aliphatic heterocycles. The fraction of sp³-hybridized carbons (Fsp3) is 0.400. The Morgan fingerprint density at radius 1 is 1.67 bits per heavy atom. The monoisotopic (exact) mass is 224 g/mol. The molecule has 0 radical (unpaired) electrons. The van der Waals surface area contributed by atoms with Crippen molar-refractivity contribution in [3.8, 4) is 6.07 Å². The number of ether oxygens (including phenoxy) is 1. The molecule has 0 aliphatic carbocycles. The van der Waals surface area contributed by atoms with E-state index in [4.69, 9.17) is 10.00 Å². The molecule has 1 rings (SSSR count). The van der Waals surface area contributed by atoms with Crippen molar-refractivity contribution >= 4 is 22.2 Å². The van der Waals surface area contributed by atoms with Crippen molar-refractivity contribution in [1.82, 2.24) is 0 Å². The maximum atomic E-state index is 11.7. The molecule has 15 heavy (non-hydrogen) atoms. The Kier molecular flexibility index (Phi) is 3.45. The molecule has 1 amide bonds. The Balaban J connectivity index is 2.80. The van der Waals surface area contributed by atoms with Crippen molar-refractivity contribution in [3.63, 3.8) is 0 Å². The van der Waals surface area contributed by atoms with E-state index in [9.17, 15) is 4.79 Å². The third kappa shape index (κ3) is 2.55. The molecular weight excluding hydrogens is 212 g/mol. The van der Waals surface area contributed by atoms with E-state index in [0.29, 0.717) is 10.6 Å². The van der Waals surface area contributed by atoms with Crippen LogP contribution in [0.2, 0.25) is 0 Å². The molecule has 1 heterocycles. The van der Waals surface area contributed by atoms with E-state index in [2.05, 4.69) is 5.32 Å². The molecule has 0 unspecified atom stereocenters. The van der Waals surface area contributed by atoms with Gasteiger partial charge >= 0.3 is 0 Å². The Bertz CT molecular complexity index is 404. The van der Waals surface area contributed by atoms with Gasteiger partial charge in [0.1, 0.15) is 16.7 Å². The van der Waals surface area contributed by atoms with Crippen LogP contribution in [0.25, 0.3) is 0 Å². The molecule has 1 aromatic heterocycles. The number of nitrogens with zero attached hydrogens (tertiary/aromatic N) is 1. The largest absolute Gasteiger partial charge is 0.369 e. The van der Waals surface area contributed by atoms with Crippen molar-refractivity contribution in [2.75, 3.05) is 12.4 Å². The standard InChI is InChI=1S/C10H12N2O2S/c1-10(2,14-3)9(13)12-8-7(6-11)4-5-15-8/h4-5H,1-3H3,(H,12,13). The number of methoxy groups -OCH3 is 1. The molecule has 4 nitrogen and oxygen atoms in total. The molecule has 0 spiro atoms. The number of thiophene rings is 1. The molecule has 0 aliphatic rings. The molecule has 0 bridgehead atoms. The summed E-state index contributed by atoms with van der Waals surface area (Å²) in [6.45, 7) is 3.34. The topological polar surface area (TPSA) is 62.1 Å². The summed E-state index contributed by atoms with van der Waals surface area (Å²) in [6.07, 6.45) is 0. The van der Waals surface area contributed by atoms with Gasteiger partial charge < -0.3 is 10.1 Å². The number of nitrogens with one attached hydrogen (secondary N) is 1. The van der Waals surface area contributed by atoms with Crippen molar-refractivity contribution in [2.24, 2.45) is 0 Å². The van der Waals surface area contributed by atoms with Crippen LogP contribution < -0.4 is 5.32 Å². The molecule has 5 heteroatoms. The smallest absolute Gasteiger partial charge is 0.256 e. The van der Waals surface area contributed by atoms with E-state index in [1.807, 2.05) is 6.07 Å². The van der Waals surface area contributed by atoms with Gasteiger partial charge in [-0.05, 0) is 25.3 Å². The molecule has 0 saturated carbocycles. The summed E-state index contributed by atoms with van der Waals surface area (Å²) in [5.74, 6) is -0.260. The Morgan fingerprint density at radius 3 is 2.87 bits per heavy atom. The highest BCUT2D eigenvalue weighted by atomic mass is 32.1. The zero-order chi connectivity index (χ0) is 11.5. The van der Waals surface area contributed by atoms with E-state index in [1.165, 1.54) is 18.4 Å². The van der Waals surface area contributed by atoms with E-state index in [-0.39, 0.29) is 5.91 Å². The first-order valence-electron chi connectivity index (χ1n) is 4.35. The van der Waals surface area contributed by atoms with Gasteiger partial charge in [0.25, 0.3) is 5.91 Å². The number of carbonyl (C=O) groups is 1. The number of hydrogen-bond donors (Lipinski definition) is 1. The summed E-state index contributed by atoms with van der Waals surface area (Å²) in [4.78, 5) is 11.7. The Labute approximate surface area is 92.5 Å². The van der Waals surface area contributed by atoms with E-state index < -0.39 is 5.60 Å². The van der Waals surface area contributed by atoms with Crippen LogP contribution in [0.5, 0.6) is 0 Å². The van der Waals surface area contributed by atoms with Crippen molar-refractivity contribution in [2.45, 2.75) is 19.4 Å². The van der Waals surface area contributed by atoms with E-state index in [1.54, 1.807) is 25.3 Å². The molecule has 0 saturated heterocycles. The first-order chi connectivity index (χ1) is 7.01. The molecule has 1 aromatic rings. The lowest BCUT2D eigenvalue weighted by atomic mass is 10.1. The molecule has 1 N–H and O–H groups in total. The number of rotatable bonds is 3. The fourth-order valence-electron chi connectivity index (χ4n) is 0.840. The number of carbonyl (C=O) groups excluding carboxylic acids is 1. The highest BCUT2D eigenvalue weighted by Crippen LogP contribution is 2.23. The molecular formula is C10H12N2O2S. The predicted octanol–water partition coefficient (Wildman–Crippen LogP) is 1.98. The first-order valence-corrected chi connectivity index (χ1v) is 5.23. The van der Waals surface area contributed by atoms with Gasteiger partial charge in [0.05, 0.1) is 5.56 Å². The SMILES string of the molecule is COC(C)(C)C(=O)Nc1sccc1C#N. The molecule has 80 valence electrons. The Morgan fingerprint density at radius 2 is 2.33 bits per heavy atom. The second kappa shape index (κ2) is 4.43. The molecule has 0 atom stereocenters. The summed E-state index contributed by atoms with van der Waals surface area (Å²) in [5, 5.41) is 13.7. The minimum atomic E-state index is -0.892. The van der Waals surface area contributed by atoms with Gasteiger partial charge in [0, 0.05) is 7.11 Å². The highest BCUT2D eigenvalue weighted by Gasteiger charge is 2.27. The van der Waals surface area contributed by atoms with Gasteiger partial charge in [0.2, 0.25) is 0 Å². The zero-order valence-corrected chi connectivity index (χ0v) is 9.64. The van der Waals surface area contributed by atoms with Gasteiger partial charge in [-0.2, -0.15) is 5.26 Å². The van der Waals surface area contributed by atoms with Crippen LogP contribution >= 0.6 is 11.3 Å². The number of hydrogen-bond acceptors (Lipinski definition) is 4. The average Bonchev–Trinajstić information content (AvgIpc) is 2.65. The summed E-state index contributed by atoms with van der Waals surface area (Å²) >= 11 is 1.32. The normalized spacial score (nSPS) is 10.8. The van der Waals surface area contributed by atoms with Gasteiger partial charge in [-0.1, -0.05) is 0 Å². The summed E-state index contributed by atoms with van der Waals surface area (Å²) in [6, 6.07) is 3.67. The van der Waals surface area contributed by atoms with Crippen molar-refractivity contribution in [3.05, 3.63) is 17.0 Å². The van der Waals surface area contributed by atoms with Crippen LogP contribution in [-0.2, 0) is 9.53 Å². The average molecular weight is 224 g/mol. The molecule has 0 fully saturated rings. The van der Waals surface area contributed by atoms with Crippen LogP contribution in [0.15, 0.2) is 11.4 Å². The fourth-order valence-corrected chi connectivity index (χ4v) is 1.57. The maximum absolute atomic E-state index is 11.7. The first kappa shape index (κ1) is 11.7. The number of amides is 1. The van der Waals surface area contributed by atoms with Crippen LogP contribution in [0.1, 0.15) is 19.4 Å². The predicted molar refractivity (Wildman–Crippen MR) is 58.8 cm³/mol. The van der Waals surface area contributed by atoms with Gasteiger partial charge in [-0.25, -0.2) is 0 Å². The number of anilines is 1. The summed E-state index contributed by atoms with van der Waals surface area (Å²) in [7, 11) is 1.47. The summed E-state index contributed by atoms with van der Waals surface area (Å²) in [5.41, 5.74) is -0.420. The third-order valence-electron chi connectivity index (χ3n) is 2.07. The quantitative estimate of drug-likeness (QED) is 0.854. The minimum Gasteiger partial charge on any atom is -0.369 e. The lowest BCUT2D eigenvalue weighted by molar-refractivity contribution is -0.133. The molecule has 0 aromatic carbocycles. The lowest BCUT2D eigenvalue weighted by Crippen LogP contribution is -2.38. The Hall–Kier alpha value is -1.38. The van der Waals surface area contributed by atoms with Gasteiger partial charge in [-0.15, -0.1) is 11.3 Å². The van der Waals surface area contributed by atoms with E-state index >= 15 is 0 Å². The van der Waals surface area contributed by atoms with Gasteiger partial charge in [-0.3, -0.25) is 4.79 Å². The maximum Gasteiger partial charge on any atom is 0.256 e. The highest BCUT2D eigenvalue weighted by molar-refractivity contribution is 7.14. The van der Waals surface area contributed by atoms with Crippen LogP contribution in [-0.4, -0.2) is 18.6 Å². The second-order valence-electron chi connectivity index (χ2n) is 3.44. The van der Waals surface area contributed by atoms with Crippen LogP contribution in [0, 0.1) is 11.3 Å². The summed E-state index contributed by atoms with van der Waals surface area (Å²) < 4.78 is 5.03. The van der Waals surface area contributed by atoms with Gasteiger partial charge in [0.15, 0.2) is 0 Å². The zero-order valence-electron chi connectivity index (χ0n) is 8.83. The lowest BCUT2D eigenvalue weighted by Gasteiger charge is -2.21. The third-order valence-corrected chi connectivity index (χ3v) is 2.90. The van der Waals surface area contributed by atoms with Crippen molar-refractivity contribution in [1.29, 1.82) is 5.26 Å². The van der Waals surface area contributed by atoms with E-state index in [0.717, 1.165) is 0 Å². The number of nitriles is 1. The van der Waals surface area contributed by atoms with Crippen LogP contribution in [0.4, 0.5) is 5.00 Å². The van der Waals surface area contributed by atoms with Crippen LogP contribution in [0.3, 0.4) is 0 Å². The second-order valence-corrected chi connectivity index (χ2v) is 4.36.